The summed E-state index contributed by atoms with van der Waals surface area (Å²) in [6.07, 6.45) is 1.67. The first-order chi connectivity index (χ1) is 13.5. The molecule has 0 atom stereocenters. The normalized spacial score (nSPS) is 14.7. The van der Waals surface area contributed by atoms with E-state index in [4.69, 9.17) is 9.84 Å². The Morgan fingerprint density at radius 1 is 1.14 bits per heavy atom. The number of anilines is 1. The van der Waals surface area contributed by atoms with Crippen molar-refractivity contribution in [1.82, 2.24) is 4.90 Å². The van der Waals surface area contributed by atoms with E-state index in [0.29, 0.717) is 12.1 Å². The van der Waals surface area contributed by atoms with E-state index in [1.807, 2.05) is 48.5 Å². The highest BCUT2D eigenvalue weighted by Crippen LogP contribution is 2.30. The molecule has 0 unspecified atom stereocenters. The highest BCUT2D eigenvalue weighted by atomic mass is 35.5. The molecule has 2 aromatic carbocycles. The summed E-state index contributed by atoms with van der Waals surface area (Å²) in [4.78, 5) is 25.5. The van der Waals surface area contributed by atoms with Crippen LogP contribution in [0.3, 0.4) is 0 Å². The van der Waals surface area contributed by atoms with E-state index in [1.54, 1.807) is 0 Å². The molecule has 3 rings (SSSR count). The molecule has 156 valence electrons. The van der Waals surface area contributed by atoms with Crippen molar-refractivity contribution >= 4 is 30.2 Å². The van der Waals surface area contributed by atoms with Crippen LogP contribution in [0.25, 0.3) is 11.1 Å². The van der Waals surface area contributed by atoms with E-state index >= 15 is 0 Å². The van der Waals surface area contributed by atoms with Gasteiger partial charge in [0.2, 0.25) is 0 Å². The third-order valence-corrected chi connectivity index (χ3v) is 4.97. The van der Waals surface area contributed by atoms with Gasteiger partial charge in [-0.05, 0) is 49.6 Å². The number of aliphatic carboxylic acids is 1. The SMILES string of the molecule is CN1CCC(OC(=O)Nc2ccc(CCC(=O)O)cc2-c2ccccc2)CC1.Cl. The fourth-order valence-corrected chi connectivity index (χ4v) is 3.36. The number of benzene rings is 2. The zero-order chi connectivity index (χ0) is 19.9. The number of carbonyl (C=O) groups is 2. The van der Waals surface area contributed by atoms with Gasteiger partial charge in [-0.2, -0.15) is 0 Å². The number of aryl methyl sites for hydroxylation is 1. The summed E-state index contributed by atoms with van der Waals surface area (Å²) < 4.78 is 5.59. The minimum atomic E-state index is -0.829. The summed E-state index contributed by atoms with van der Waals surface area (Å²) in [5, 5.41) is 11.8. The molecule has 1 fully saturated rings. The van der Waals surface area contributed by atoms with Gasteiger partial charge in [-0.3, -0.25) is 10.1 Å². The van der Waals surface area contributed by atoms with Gasteiger partial charge in [-0.15, -0.1) is 12.4 Å². The molecule has 1 heterocycles. The minimum Gasteiger partial charge on any atom is -0.481 e. The Morgan fingerprint density at radius 3 is 2.48 bits per heavy atom. The monoisotopic (exact) mass is 418 g/mol. The predicted molar refractivity (Wildman–Crippen MR) is 116 cm³/mol. The number of nitrogens with one attached hydrogen (secondary N) is 1. The molecule has 0 spiro atoms. The Hall–Kier alpha value is -2.57. The van der Waals surface area contributed by atoms with Crippen LogP contribution in [0.2, 0.25) is 0 Å². The number of nitrogens with zero attached hydrogens (tertiary/aromatic N) is 1. The number of piperidine rings is 1. The maximum absolute atomic E-state index is 12.4. The average molecular weight is 419 g/mol. The van der Waals surface area contributed by atoms with Gasteiger partial charge in [0.25, 0.3) is 0 Å². The van der Waals surface area contributed by atoms with Crippen molar-refractivity contribution in [2.45, 2.75) is 31.8 Å². The summed E-state index contributed by atoms with van der Waals surface area (Å²) in [6.45, 7) is 1.84. The molecule has 0 aromatic heterocycles. The Kier molecular flexibility index (Phi) is 8.49. The predicted octanol–water partition coefficient (Wildman–Crippen LogP) is 4.44. The number of rotatable bonds is 6. The van der Waals surface area contributed by atoms with Gasteiger partial charge in [0.15, 0.2) is 0 Å². The number of halogens is 1. The van der Waals surface area contributed by atoms with Gasteiger partial charge in [0, 0.05) is 25.1 Å². The number of carbonyl (C=O) groups excluding carboxylic acids is 1. The molecule has 0 aliphatic carbocycles. The quantitative estimate of drug-likeness (QED) is 0.725. The standard InChI is InChI=1S/C22H26N2O4.ClH/c1-24-13-11-18(12-14-24)28-22(27)23-20-9-7-16(8-10-21(25)26)15-19(20)17-5-3-2-4-6-17;/h2-7,9,15,18H,8,10-14H2,1H3,(H,23,27)(H,25,26);1H. The number of hydrogen-bond donors (Lipinski definition) is 2. The summed E-state index contributed by atoms with van der Waals surface area (Å²) in [5.41, 5.74) is 3.37. The van der Waals surface area contributed by atoms with Crippen LogP contribution in [0.5, 0.6) is 0 Å². The highest BCUT2D eigenvalue weighted by molar-refractivity contribution is 5.91. The smallest absolute Gasteiger partial charge is 0.411 e. The average Bonchev–Trinajstić information content (AvgIpc) is 2.69. The molecule has 0 radical (unpaired) electrons. The minimum absolute atomic E-state index is 0. The first-order valence-corrected chi connectivity index (χ1v) is 9.57. The van der Waals surface area contributed by atoms with Crippen molar-refractivity contribution in [2.24, 2.45) is 0 Å². The van der Waals surface area contributed by atoms with Crippen LogP contribution in [0.15, 0.2) is 48.5 Å². The largest absolute Gasteiger partial charge is 0.481 e. The lowest BCUT2D eigenvalue weighted by Crippen LogP contribution is -2.36. The molecule has 1 saturated heterocycles. The van der Waals surface area contributed by atoms with E-state index in [9.17, 15) is 9.59 Å². The lowest BCUT2D eigenvalue weighted by atomic mass is 9.99. The molecule has 7 heteroatoms. The molecule has 6 nitrogen and oxygen atoms in total. The molecular formula is C22H27ClN2O4. The molecule has 0 saturated carbocycles. The van der Waals surface area contributed by atoms with Crippen LogP contribution >= 0.6 is 12.4 Å². The molecule has 29 heavy (non-hydrogen) atoms. The van der Waals surface area contributed by atoms with Crippen molar-refractivity contribution in [2.75, 3.05) is 25.5 Å². The summed E-state index contributed by atoms with van der Waals surface area (Å²) in [7, 11) is 2.06. The first-order valence-electron chi connectivity index (χ1n) is 9.57. The fraction of sp³-hybridized carbons (Fsp3) is 0.364. The molecule has 1 amide bonds. The zero-order valence-electron chi connectivity index (χ0n) is 16.5. The second kappa shape index (κ2) is 10.8. The number of ether oxygens (including phenoxy) is 1. The van der Waals surface area contributed by atoms with E-state index in [-0.39, 0.29) is 24.9 Å². The van der Waals surface area contributed by atoms with Gasteiger partial charge in [0.1, 0.15) is 6.10 Å². The maximum Gasteiger partial charge on any atom is 0.411 e. The molecule has 0 bridgehead atoms. The zero-order valence-corrected chi connectivity index (χ0v) is 17.3. The van der Waals surface area contributed by atoms with E-state index in [2.05, 4.69) is 17.3 Å². The highest BCUT2D eigenvalue weighted by Gasteiger charge is 2.21. The van der Waals surface area contributed by atoms with Crippen LogP contribution in [0.1, 0.15) is 24.8 Å². The van der Waals surface area contributed by atoms with E-state index in [0.717, 1.165) is 42.6 Å². The van der Waals surface area contributed by atoms with Crippen molar-refractivity contribution in [1.29, 1.82) is 0 Å². The van der Waals surface area contributed by atoms with Crippen LogP contribution in [0.4, 0.5) is 10.5 Å². The maximum atomic E-state index is 12.4. The van der Waals surface area contributed by atoms with E-state index in [1.165, 1.54) is 0 Å². The molecule has 1 aliphatic heterocycles. The van der Waals surface area contributed by atoms with Gasteiger partial charge in [-0.25, -0.2) is 4.79 Å². The van der Waals surface area contributed by atoms with Gasteiger partial charge < -0.3 is 14.7 Å². The Balaban J connectivity index is 0.00000300. The van der Waals surface area contributed by atoms with Crippen molar-refractivity contribution in [3.63, 3.8) is 0 Å². The van der Waals surface area contributed by atoms with E-state index < -0.39 is 12.1 Å². The lowest BCUT2D eigenvalue weighted by molar-refractivity contribution is -0.136. The number of carboxylic acids is 1. The molecule has 2 N–H and O–H groups in total. The van der Waals surface area contributed by atoms with Crippen molar-refractivity contribution < 1.29 is 19.4 Å². The third-order valence-electron chi connectivity index (χ3n) is 4.97. The lowest BCUT2D eigenvalue weighted by Gasteiger charge is -2.28. The van der Waals surface area contributed by atoms with Gasteiger partial charge in [-0.1, -0.05) is 36.4 Å². The van der Waals surface area contributed by atoms with Crippen LogP contribution < -0.4 is 5.32 Å². The van der Waals surface area contributed by atoms with Crippen molar-refractivity contribution in [3.05, 3.63) is 54.1 Å². The molecule has 1 aliphatic rings. The number of amides is 1. The number of hydrogen-bond acceptors (Lipinski definition) is 4. The number of carboxylic acid groups (broad SMARTS) is 1. The fourth-order valence-electron chi connectivity index (χ4n) is 3.36. The summed E-state index contributed by atoms with van der Waals surface area (Å²) >= 11 is 0. The topological polar surface area (TPSA) is 78.9 Å². The third kappa shape index (κ3) is 6.76. The molecular weight excluding hydrogens is 392 g/mol. The molecule has 2 aromatic rings. The summed E-state index contributed by atoms with van der Waals surface area (Å²) in [6, 6.07) is 15.3. The first kappa shape index (κ1) is 22.7. The second-order valence-corrected chi connectivity index (χ2v) is 7.17. The number of likely N-dealkylation sites (tertiary alicyclic amines) is 1. The van der Waals surface area contributed by atoms with Gasteiger partial charge in [0.05, 0.1) is 5.69 Å². The van der Waals surface area contributed by atoms with Crippen LogP contribution in [-0.2, 0) is 16.0 Å². The van der Waals surface area contributed by atoms with Crippen molar-refractivity contribution in [3.8, 4) is 11.1 Å². The summed E-state index contributed by atoms with van der Waals surface area (Å²) in [5.74, 6) is -0.829. The van der Waals surface area contributed by atoms with Crippen LogP contribution in [0, 0.1) is 0 Å². The Bertz CT molecular complexity index is 821. The second-order valence-electron chi connectivity index (χ2n) is 7.17. The Morgan fingerprint density at radius 2 is 1.83 bits per heavy atom. The van der Waals surface area contributed by atoms with Crippen LogP contribution in [-0.4, -0.2) is 48.3 Å². The van der Waals surface area contributed by atoms with Gasteiger partial charge >= 0.3 is 12.1 Å². The Labute approximate surface area is 177 Å².